The molecule has 0 bridgehead atoms. The van der Waals surface area contributed by atoms with E-state index in [4.69, 9.17) is 16.0 Å². The van der Waals surface area contributed by atoms with Crippen LogP contribution in [-0.2, 0) is 0 Å². The first-order valence-corrected chi connectivity index (χ1v) is 7.40. The van der Waals surface area contributed by atoms with E-state index in [-0.39, 0.29) is 6.03 Å². The van der Waals surface area contributed by atoms with E-state index in [9.17, 15) is 9.59 Å². The van der Waals surface area contributed by atoms with Gasteiger partial charge in [0, 0.05) is 10.4 Å². The van der Waals surface area contributed by atoms with Crippen LogP contribution < -0.4 is 16.3 Å². The second-order valence-corrected chi connectivity index (χ2v) is 5.69. The number of urea groups is 1. The minimum absolute atomic E-state index is 0.367. The monoisotopic (exact) mass is 326 g/mol. The molecule has 4 rings (SSSR count). The summed E-state index contributed by atoms with van der Waals surface area (Å²) in [5.74, 6) is 0. The highest BCUT2D eigenvalue weighted by molar-refractivity contribution is 6.30. The molecule has 0 aliphatic carbocycles. The Morgan fingerprint density at radius 3 is 2.52 bits per heavy atom. The van der Waals surface area contributed by atoms with Crippen molar-refractivity contribution in [1.29, 1.82) is 0 Å². The molecule has 0 saturated carbocycles. The SMILES string of the molecule is O=C1Nc2c(c(=O)oc3ccccc23)C(c2ccc(Cl)cc2)N1. The maximum Gasteiger partial charge on any atom is 0.344 e. The van der Waals surface area contributed by atoms with Crippen LogP contribution in [0.2, 0.25) is 5.02 Å². The van der Waals surface area contributed by atoms with Crippen molar-refractivity contribution in [3.05, 3.63) is 75.1 Å². The number of carbonyl (C=O) groups is 1. The van der Waals surface area contributed by atoms with Crippen LogP contribution in [0.15, 0.2) is 57.7 Å². The summed E-state index contributed by atoms with van der Waals surface area (Å²) in [4.78, 5) is 24.5. The number of fused-ring (bicyclic) bond motifs is 3. The van der Waals surface area contributed by atoms with E-state index < -0.39 is 11.7 Å². The van der Waals surface area contributed by atoms with Gasteiger partial charge in [-0.05, 0) is 29.8 Å². The molecule has 0 saturated heterocycles. The molecule has 3 aromatic rings. The van der Waals surface area contributed by atoms with E-state index in [0.29, 0.717) is 27.2 Å². The average Bonchev–Trinajstić information content (AvgIpc) is 2.55. The van der Waals surface area contributed by atoms with Gasteiger partial charge in [0.05, 0.1) is 17.3 Å². The van der Waals surface area contributed by atoms with Gasteiger partial charge in [0.2, 0.25) is 0 Å². The summed E-state index contributed by atoms with van der Waals surface area (Å²) in [6.45, 7) is 0. The van der Waals surface area contributed by atoms with E-state index in [0.717, 1.165) is 5.56 Å². The van der Waals surface area contributed by atoms with Crippen LogP contribution in [0.5, 0.6) is 0 Å². The Hall–Kier alpha value is -2.79. The third-order valence-corrected chi connectivity index (χ3v) is 4.11. The molecule has 1 aromatic heterocycles. The molecule has 6 heteroatoms. The zero-order valence-electron chi connectivity index (χ0n) is 11.8. The lowest BCUT2D eigenvalue weighted by Crippen LogP contribution is -2.41. The number of hydrogen-bond donors (Lipinski definition) is 2. The van der Waals surface area contributed by atoms with E-state index in [2.05, 4.69) is 10.6 Å². The van der Waals surface area contributed by atoms with E-state index in [1.165, 1.54) is 0 Å². The Labute approximate surface area is 135 Å². The van der Waals surface area contributed by atoms with Crippen molar-refractivity contribution < 1.29 is 9.21 Å². The molecule has 0 fully saturated rings. The predicted molar refractivity (Wildman–Crippen MR) is 87.9 cm³/mol. The highest BCUT2D eigenvalue weighted by Gasteiger charge is 2.31. The van der Waals surface area contributed by atoms with Crippen molar-refractivity contribution in [2.75, 3.05) is 5.32 Å². The molecular weight excluding hydrogens is 316 g/mol. The van der Waals surface area contributed by atoms with Crippen molar-refractivity contribution >= 4 is 34.3 Å². The standard InChI is InChI=1S/C17H11ClN2O3/c18-10-7-5-9(6-8-10)14-13-15(20-17(22)19-14)11-3-1-2-4-12(11)23-16(13)21/h1-8,14H,(H2,19,20,22). The van der Waals surface area contributed by atoms with Crippen molar-refractivity contribution in [2.45, 2.75) is 6.04 Å². The summed E-state index contributed by atoms with van der Waals surface area (Å²) < 4.78 is 5.40. The molecule has 1 unspecified atom stereocenters. The van der Waals surface area contributed by atoms with E-state index in [1.54, 1.807) is 36.4 Å². The maximum absolute atomic E-state index is 12.5. The molecule has 0 radical (unpaired) electrons. The molecule has 2 heterocycles. The summed E-state index contributed by atoms with van der Waals surface area (Å²) >= 11 is 5.91. The maximum atomic E-state index is 12.5. The Balaban J connectivity index is 2.00. The van der Waals surface area contributed by atoms with Crippen molar-refractivity contribution in [2.24, 2.45) is 0 Å². The van der Waals surface area contributed by atoms with E-state index in [1.807, 2.05) is 12.1 Å². The van der Waals surface area contributed by atoms with Crippen molar-refractivity contribution in [1.82, 2.24) is 5.32 Å². The van der Waals surface area contributed by atoms with Gasteiger partial charge < -0.3 is 15.1 Å². The fourth-order valence-electron chi connectivity index (χ4n) is 2.82. The van der Waals surface area contributed by atoms with Gasteiger partial charge in [-0.2, -0.15) is 0 Å². The molecule has 2 amide bonds. The Morgan fingerprint density at radius 1 is 1.00 bits per heavy atom. The summed E-state index contributed by atoms with van der Waals surface area (Å²) in [6.07, 6.45) is 0. The third kappa shape index (κ3) is 2.26. The number of carbonyl (C=O) groups excluding carboxylic acids is 1. The minimum Gasteiger partial charge on any atom is -0.422 e. The molecule has 2 N–H and O–H groups in total. The number of hydrogen-bond acceptors (Lipinski definition) is 3. The molecule has 1 aliphatic heterocycles. The molecule has 2 aromatic carbocycles. The highest BCUT2D eigenvalue weighted by atomic mass is 35.5. The zero-order valence-corrected chi connectivity index (χ0v) is 12.6. The van der Waals surface area contributed by atoms with E-state index >= 15 is 0 Å². The number of halogens is 1. The third-order valence-electron chi connectivity index (χ3n) is 3.85. The molecule has 1 aliphatic rings. The van der Waals surface area contributed by atoms with Crippen LogP contribution in [0.25, 0.3) is 11.0 Å². The van der Waals surface area contributed by atoms with Crippen molar-refractivity contribution in [3.63, 3.8) is 0 Å². The van der Waals surface area contributed by atoms with Crippen LogP contribution in [0.4, 0.5) is 10.5 Å². The molecule has 5 nitrogen and oxygen atoms in total. The molecule has 1 atom stereocenters. The number of amides is 2. The van der Waals surface area contributed by atoms with Gasteiger partial charge in [-0.15, -0.1) is 0 Å². The number of para-hydroxylation sites is 1. The van der Waals surface area contributed by atoms with Gasteiger partial charge in [0.25, 0.3) is 0 Å². The number of anilines is 1. The first kappa shape index (κ1) is 13.8. The topological polar surface area (TPSA) is 71.3 Å². The lowest BCUT2D eigenvalue weighted by Gasteiger charge is -2.27. The average molecular weight is 327 g/mol. The Morgan fingerprint density at radius 2 is 1.74 bits per heavy atom. The highest BCUT2D eigenvalue weighted by Crippen LogP contribution is 2.34. The second kappa shape index (κ2) is 5.14. The Kier molecular flexibility index (Phi) is 3.09. The van der Waals surface area contributed by atoms with Crippen LogP contribution in [0.3, 0.4) is 0 Å². The smallest absolute Gasteiger partial charge is 0.344 e. The number of benzene rings is 2. The first-order valence-electron chi connectivity index (χ1n) is 7.02. The lowest BCUT2D eigenvalue weighted by atomic mass is 9.95. The number of rotatable bonds is 1. The van der Waals surface area contributed by atoms with Crippen LogP contribution in [-0.4, -0.2) is 6.03 Å². The van der Waals surface area contributed by atoms with Crippen LogP contribution >= 0.6 is 11.6 Å². The largest absolute Gasteiger partial charge is 0.422 e. The zero-order chi connectivity index (χ0) is 16.0. The predicted octanol–water partition coefficient (Wildman–Crippen LogP) is 3.67. The van der Waals surface area contributed by atoms with Gasteiger partial charge in [0.1, 0.15) is 5.58 Å². The van der Waals surface area contributed by atoms with Crippen LogP contribution in [0.1, 0.15) is 17.2 Å². The Bertz CT molecular complexity index is 979. The fraction of sp³-hybridized carbons (Fsp3) is 0.0588. The van der Waals surface area contributed by atoms with Gasteiger partial charge in [-0.25, -0.2) is 9.59 Å². The lowest BCUT2D eigenvalue weighted by molar-refractivity contribution is 0.248. The summed E-state index contributed by atoms with van der Waals surface area (Å²) in [5, 5.41) is 6.75. The second-order valence-electron chi connectivity index (χ2n) is 5.26. The minimum atomic E-state index is -0.586. The molecular formula is C17H11ClN2O3. The quantitative estimate of drug-likeness (QED) is 0.670. The molecule has 23 heavy (non-hydrogen) atoms. The summed E-state index contributed by atoms with van der Waals surface area (Å²) in [7, 11) is 0. The van der Waals surface area contributed by atoms with Gasteiger partial charge in [-0.3, -0.25) is 0 Å². The van der Waals surface area contributed by atoms with Gasteiger partial charge in [-0.1, -0.05) is 35.9 Å². The molecule has 0 spiro atoms. The van der Waals surface area contributed by atoms with Gasteiger partial charge >= 0.3 is 11.7 Å². The van der Waals surface area contributed by atoms with Crippen molar-refractivity contribution in [3.8, 4) is 0 Å². The summed E-state index contributed by atoms with van der Waals surface area (Å²) in [6, 6.07) is 13.1. The molecule has 114 valence electrons. The van der Waals surface area contributed by atoms with Crippen LogP contribution in [0, 0.1) is 0 Å². The first-order chi connectivity index (χ1) is 11.1. The summed E-state index contributed by atoms with van der Waals surface area (Å²) in [5.41, 5.74) is 1.58. The normalized spacial score (nSPS) is 16.6. The number of nitrogens with one attached hydrogen (secondary N) is 2. The van der Waals surface area contributed by atoms with Gasteiger partial charge in [0.15, 0.2) is 0 Å². The fourth-order valence-corrected chi connectivity index (χ4v) is 2.95.